The first-order chi connectivity index (χ1) is 9.22. The first kappa shape index (κ1) is 14.1. The van der Waals surface area contributed by atoms with Gasteiger partial charge < -0.3 is 19.3 Å². The topological polar surface area (TPSA) is 47.9 Å². The minimum Gasteiger partial charge on any atom is -0.497 e. The van der Waals surface area contributed by atoms with Gasteiger partial charge in [0.1, 0.15) is 11.9 Å². The van der Waals surface area contributed by atoms with Gasteiger partial charge in [-0.05, 0) is 17.7 Å². The summed E-state index contributed by atoms with van der Waals surface area (Å²) in [7, 11) is 1.64. The normalized spacial score (nSPS) is 26.3. The molecule has 1 aromatic carbocycles. The molecule has 0 aliphatic carbocycles. The van der Waals surface area contributed by atoms with Crippen LogP contribution < -0.4 is 4.74 Å². The van der Waals surface area contributed by atoms with Crippen molar-refractivity contribution in [3.05, 3.63) is 42.5 Å². The molecule has 0 bridgehead atoms. The summed E-state index contributed by atoms with van der Waals surface area (Å²) in [5, 5.41) is 9.79. The van der Waals surface area contributed by atoms with Crippen LogP contribution in [0.3, 0.4) is 0 Å². The molecule has 104 valence electrons. The molecule has 2 rings (SSSR count). The first-order valence-corrected chi connectivity index (χ1v) is 6.39. The van der Waals surface area contributed by atoms with Gasteiger partial charge in [-0.15, -0.1) is 6.58 Å². The lowest BCUT2D eigenvalue weighted by Gasteiger charge is -2.14. The van der Waals surface area contributed by atoms with Crippen molar-refractivity contribution in [2.24, 2.45) is 0 Å². The minimum atomic E-state index is -0.473. The molecule has 0 unspecified atom stereocenters. The van der Waals surface area contributed by atoms with Crippen molar-refractivity contribution in [2.45, 2.75) is 31.3 Å². The maximum Gasteiger partial charge on any atom is 0.118 e. The largest absolute Gasteiger partial charge is 0.497 e. The molecule has 1 aromatic rings. The zero-order valence-corrected chi connectivity index (χ0v) is 11.1. The molecule has 0 amide bonds. The number of hydrogen-bond donors (Lipinski definition) is 1. The van der Waals surface area contributed by atoms with E-state index in [0.29, 0.717) is 19.6 Å². The van der Waals surface area contributed by atoms with Gasteiger partial charge in [-0.25, -0.2) is 0 Å². The van der Waals surface area contributed by atoms with Crippen molar-refractivity contribution in [1.29, 1.82) is 0 Å². The van der Waals surface area contributed by atoms with E-state index < -0.39 is 6.10 Å². The summed E-state index contributed by atoms with van der Waals surface area (Å²) in [5.41, 5.74) is 1.06. The predicted octanol–water partition coefficient (Wildman–Crippen LogP) is 1.92. The van der Waals surface area contributed by atoms with Crippen molar-refractivity contribution < 1.29 is 19.3 Å². The molecule has 19 heavy (non-hydrogen) atoms. The highest BCUT2D eigenvalue weighted by Crippen LogP contribution is 2.21. The second-order valence-electron chi connectivity index (χ2n) is 4.61. The van der Waals surface area contributed by atoms with Crippen molar-refractivity contribution in [3.63, 3.8) is 0 Å². The molecule has 1 saturated heterocycles. The Hall–Kier alpha value is -1.36. The lowest BCUT2D eigenvalue weighted by atomic mass is 10.1. The lowest BCUT2D eigenvalue weighted by Crippen LogP contribution is -2.26. The summed E-state index contributed by atoms with van der Waals surface area (Å²) in [6.07, 6.45) is 1.51. The highest BCUT2D eigenvalue weighted by molar-refractivity contribution is 5.26. The van der Waals surface area contributed by atoms with E-state index >= 15 is 0 Å². The van der Waals surface area contributed by atoms with Crippen LogP contribution in [0.25, 0.3) is 0 Å². The van der Waals surface area contributed by atoms with Crippen LogP contribution in [0.2, 0.25) is 0 Å². The fourth-order valence-corrected chi connectivity index (χ4v) is 2.08. The van der Waals surface area contributed by atoms with Crippen LogP contribution in [0.15, 0.2) is 36.9 Å². The van der Waals surface area contributed by atoms with Gasteiger partial charge in [-0.1, -0.05) is 18.2 Å². The van der Waals surface area contributed by atoms with Crippen LogP contribution in [-0.2, 0) is 16.1 Å². The second kappa shape index (κ2) is 6.70. The van der Waals surface area contributed by atoms with Crippen LogP contribution in [0.1, 0.15) is 12.0 Å². The Balaban J connectivity index is 1.75. The summed E-state index contributed by atoms with van der Waals surface area (Å²) in [4.78, 5) is 0. The van der Waals surface area contributed by atoms with Gasteiger partial charge in [0.05, 0.1) is 32.5 Å². The van der Waals surface area contributed by atoms with Gasteiger partial charge in [0.15, 0.2) is 0 Å². The highest BCUT2D eigenvalue weighted by Gasteiger charge is 2.32. The number of benzene rings is 1. The van der Waals surface area contributed by atoms with Crippen LogP contribution in [0.4, 0.5) is 0 Å². The first-order valence-electron chi connectivity index (χ1n) is 6.39. The molecule has 1 heterocycles. The summed E-state index contributed by atoms with van der Waals surface area (Å²) in [6, 6.07) is 7.70. The third kappa shape index (κ3) is 3.80. The molecule has 4 nitrogen and oxygen atoms in total. The van der Waals surface area contributed by atoms with Gasteiger partial charge >= 0.3 is 0 Å². The molecular formula is C15H20O4. The summed E-state index contributed by atoms with van der Waals surface area (Å²) in [5.74, 6) is 0.826. The molecule has 0 aromatic heterocycles. The Morgan fingerprint density at radius 2 is 2.16 bits per heavy atom. The Kier molecular flexibility index (Phi) is 4.96. The average Bonchev–Trinajstić information content (AvgIpc) is 2.80. The van der Waals surface area contributed by atoms with Crippen LogP contribution in [-0.4, -0.2) is 37.1 Å². The van der Waals surface area contributed by atoms with Gasteiger partial charge in [0.25, 0.3) is 0 Å². The van der Waals surface area contributed by atoms with E-state index in [0.717, 1.165) is 11.3 Å². The van der Waals surface area contributed by atoms with Gasteiger partial charge in [0, 0.05) is 6.42 Å². The number of methoxy groups -OCH3 is 1. The van der Waals surface area contributed by atoms with Crippen LogP contribution in [0.5, 0.6) is 5.75 Å². The maximum absolute atomic E-state index is 9.79. The van der Waals surface area contributed by atoms with E-state index in [4.69, 9.17) is 14.2 Å². The van der Waals surface area contributed by atoms with Crippen molar-refractivity contribution in [1.82, 2.24) is 0 Å². The van der Waals surface area contributed by atoms with Crippen LogP contribution >= 0.6 is 0 Å². The lowest BCUT2D eigenvalue weighted by molar-refractivity contribution is -0.0398. The third-order valence-electron chi connectivity index (χ3n) is 3.23. The van der Waals surface area contributed by atoms with E-state index in [1.54, 1.807) is 13.2 Å². The monoisotopic (exact) mass is 264 g/mol. The molecule has 0 spiro atoms. The number of aliphatic hydroxyl groups excluding tert-OH is 1. The Labute approximate surface area is 113 Å². The van der Waals surface area contributed by atoms with Gasteiger partial charge in [0.2, 0.25) is 0 Å². The SMILES string of the molecule is C=C[C@@H]1C[C@@H](O)[C@@H](COCc2ccc(OC)cc2)O1. The number of ether oxygens (including phenoxy) is 3. The van der Waals surface area contributed by atoms with Crippen molar-refractivity contribution in [3.8, 4) is 5.75 Å². The molecule has 1 fully saturated rings. The van der Waals surface area contributed by atoms with E-state index in [-0.39, 0.29) is 12.2 Å². The van der Waals surface area contributed by atoms with E-state index in [2.05, 4.69) is 6.58 Å². The summed E-state index contributed by atoms with van der Waals surface area (Å²) < 4.78 is 16.3. The molecule has 1 aliphatic heterocycles. The Bertz CT molecular complexity index is 401. The average molecular weight is 264 g/mol. The molecule has 0 radical (unpaired) electrons. The third-order valence-corrected chi connectivity index (χ3v) is 3.23. The zero-order chi connectivity index (χ0) is 13.7. The highest BCUT2D eigenvalue weighted by atomic mass is 16.6. The fourth-order valence-electron chi connectivity index (χ4n) is 2.08. The Morgan fingerprint density at radius 1 is 1.42 bits per heavy atom. The molecule has 0 saturated carbocycles. The maximum atomic E-state index is 9.79. The quantitative estimate of drug-likeness (QED) is 0.797. The molecule has 4 heteroatoms. The molecule has 1 aliphatic rings. The fraction of sp³-hybridized carbons (Fsp3) is 0.467. The number of aliphatic hydroxyl groups is 1. The minimum absolute atomic E-state index is 0.0652. The molecule has 3 atom stereocenters. The van der Waals surface area contributed by atoms with Gasteiger partial charge in [-0.3, -0.25) is 0 Å². The standard InChI is InChI=1S/C15H20O4/c1-3-12-8-14(16)15(19-12)10-18-9-11-4-6-13(17-2)7-5-11/h3-7,12,14-16H,1,8-10H2,2H3/t12-,14-,15-/m1/s1. The molecule has 1 N–H and O–H groups in total. The van der Waals surface area contributed by atoms with Crippen molar-refractivity contribution in [2.75, 3.05) is 13.7 Å². The number of rotatable bonds is 6. The van der Waals surface area contributed by atoms with Crippen LogP contribution in [0, 0.1) is 0 Å². The molecular weight excluding hydrogens is 244 g/mol. The van der Waals surface area contributed by atoms with Gasteiger partial charge in [-0.2, -0.15) is 0 Å². The van der Waals surface area contributed by atoms with E-state index in [9.17, 15) is 5.11 Å². The Morgan fingerprint density at radius 3 is 2.74 bits per heavy atom. The predicted molar refractivity (Wildman–Crippen MR) is 72.1 cm³/mol. The van der Waals surface area contributed by atoms with E-state index in [1.165, 1.54) is 0 Å². The van der Waals surface area contributed by atoms with Crippen molar-refractivity contribution >= 4 is 0 Å². The summed E-state index contributed by atoms with van der Waals surface area (Å²) >= 11 is 0. The second-order valence-corrected chi connectivity index (χ2v) is 4.61. The number of hydrogen-bond acceptors (Lipinski definition) is 4. The zero-order valence-electron chi connectivity index (χ0n) is 11.1. The smallest absolute Gasteiger partial charge is 0.118 e. The summed E-state index contributed by atoms with van der Waals surface area (Å²) in [6.45, 7) is 4.55. The van der Waals surface area contributed by atoms with E-state index in [1.807, 2.05) is 24.3 Å².